The predicted molar refractivity (Wildman–Crippen MR) is 80.3 cm³/mol. The first-order valence-electron chi connectivity index (χ1n) is 5.81. The summed E-state index contributed by atoms with van der Waals surface area (Å²) in [4.78, 5) is 14.0. The number of rotatable bonds is 5. The Labute approximate surface area is 125 Å². The molecule has 0 radical (unpaired) electrons. The van der Waals surface area contributed by atoms with Gasteiger partial charge in [-0.2, -0.15) is 0 Å². The quantitative estimate of drug-likeness (QED) is 0.372. The topological polar surface area (TPSA) is 78.9 Å². The number of nitrogens with two attached hydrogens (primary N) is 1. The zero-order chi connectivity index (χ0) is 14.6. The summed E-state index contributed by atoms with van der Waals surface area (Å²) in [7, 11) is 1.71. The maximum Gasteiger partial charge on any atom is 0.236 e. The average Bonchev–Trinajstić information content (AvgIpc) is 2.81. The van der Waals surface area contributed by atoms with E-state index in [2.05, 4.69) is 21.1 Å². The molecule has 7 heteroatoms. The van der Waals surface area contributed by atoms with Gasteiger partial charge in [-0.25, -0.2) is 0 Å². The van der Waals surface area contributed by atoms with E-state index in [9.17, 15) is 4.79 Å². The van der Waals surface area contributed by atoms with Crippen molar-refractivity contribution >= 4 is 39.0 Å². The molecule has 0 saturated carbocycles. The molecule has 1 aromatic rings. The van der Waals surface area contributed by atoms with Crippen LogP contribution in [0.2, 0.25) is 0 Å². The van der Waals surface area contributed by atoms with Gasteiger partial charge in [0.05, 0.1) is 3.79 Å². The summed E-state index contributed by atoms with van der Waals surface area (Å²) in [5.74, 6) is -0.217. The molecule has 106 valence electrons. The fourth-order valence-electron chi connectivity index (χ4n) is 1.75. The molecule has 1 unspecified atom stereocenters. The molecule has 1 atom stereocenters. The van der Waals surface area contributed by atoms with Gasteiger partial charge in [-0.05, 0) is 46.3 Å². The van der Waals surface area contributed by atoms with Gasteiger partial charge < -0.3 is 15.8 Å². The van der Waals surface area contributed by atoms with Crippen molar-refractivity contribution in [1.82, 2.24) is 4.90 Å². The van der Waals surface area contributed by atoms with E-state index in [0.29, 0.717) is 13.0 Å². The second kappa shape index (κ2) is 6.38. The van der Waals surface area contributed by atoms with Crippen molar-refractivity contribution in [3.63, 3.8) is 0 Å². The van der Waals surface area contributed by atoms with Crippen LogP contribution in [0.3, 0.4) is 0 Å². The molecule has 1 aromatic heterocycles. The standard InChI is InChI=1S/C12H18BrN3O2S/c1-4-12(2,10(14)15-18)11(17)16(3)6-8-5-9(13)19-7-8/h5,7,18H,4,6H2,1-3H3,(H2,14,15). The van der Waals surface area contributed by atoms with E-state index >= 15 is 0 Å². The fraction of sp³-hybridized carbons (Fsp3) is 0.500. The summed E-state index contributed by atoms with van der Waals surface area (Å²) in [6.45, 7) is 4.02. The van der Waals surface area contributed by atoms with Crippen LogP contribution in [0, 0.1) is 5.41 Å². The number of carbonyl (C=O) groups is 1. The molecule has 3 N–H and O–H groups in total. The van der Waals surface area contributed by atoms with Crippen LogP contribution in [0.1, 0.15) is 25.8 Å². The summed E-state index contributed by atoms with van der Waals surface area (Å²) in [5.41, 5.74) is 5.72. The Morgan fingerprint density at radius 3 is 2.74 bits per heavy atom. The largest absolute Gasteiger partial charge is 0.409 e. The second-order valence-electron chi connectivity index (χ2n) is 4.59. The lowest BCUT2D eigenvalue weighted by molar-refractivity contribution is -0.137. The second-order valence-corrected chi connectivity index (χ2v) is 6.88. The molecule has 0 fully saturated rings. The molecule has 1 rings (SSSR count). The summed E-state index contributed by atoms with van der Waals surface area (Å²) in [6, 6.07) is 1.97. The van der Waals surface area contributed by atoms with E-state index < -0.39 is 5.41 Å². The maximum absolute atomic E-state index is 12.5. The summed E-state index contributed by atoms with van der Waals surface area (Å²) < 4.78 is 1.03. The highest BCUT2D eigenvalue weighted by atomic mass is 79.9. The van der Waals surface area contributed by atoms with Crippen LogP contribution in [-0.4, -0.2) is 28.9 Å². The Hall–Kier alpha value is -1.08. The third-order valence-electron chi connectivity index (χ3n) is 3.24. The average molecular weight is 348 g/mol. The molecular formula is C12H18BrN3O2S. The SMILES string of the molecule is CCC(C)(C(=O)N(C)Cc1csc(Br)c1)C(N)=NO. The molecule has 0 aromatic carbocycles. The van der Waals surface area contributed by atoms with Crippen LogP contribution in [0.4, 0.5) is 0 Å². The van der Waals surface area contributed by atoms with E-state index in [1.165, 1.54) is 0 Å². The summed E-state index contributed by atoms with van der Waals surface area (Å²) in [6.07, 6.45) is 0.472. The first-order chi connectivity index (χ1) is 8.85. The van der Waals surface area contributed by atoms with Crippen molar-refractivity contribution in [2.45, 2.75) is 26.8 Å². The lowest BCUT2D eigenvalue weighted by Gasteiger charge is -2.30. The molecule has 19 heavy (non-hydrogen) atoms. The monoisotopic (exact) mass is 347 g/mol. The first kappa shape index (κ1) is 16.0. The van der Waals surface area contributed by atoms with Crippen molar-refractivity contribution in [1.29, 1.82) is 0 Å². The van der Waals surface area contributed by atoms with Gasteiger partial charge in [0, 0.05) is 13.6 Å². The van der Waals surface area contributed by atoms with Crippen molar-refractivity contribution < 1.29 is 10.0 Å². The lowest BCUT2D eigenvalue weighted by atomic mass is 9.84. The van der Waals surface area contributed by atoms with Crippen LogP contribution in [0.15, 0.2) is 20.4 Å². The highest BCUT2D eigenvalue weighted by Gasteiger charge is 2.38. The Morgan fingerprint density at radius 2 is 2.32 bits per heavy atom. The number of thiophene rings is 1. The van der Waals surface area contributed by atoms with Gasteiger partial charge in [-0.1, -0.05) is 12.1 Å². The molecule has 0 spiro atoms. The van der Waals surface area contributed by atoms with E-state index in [-0.39, 0.29) is 11.7 Å². The minimum atomic E-state index is -0.975. The van der Waals surface area contributed by atoms with Crippen LogP contribution in [0.25, 0.3) is 0 Å². The van der Waals surface area contributed by atoms with E-state index in [1.54, 1.807) is 30.2 Å². The van der Waals surface area contributed by atoms with Crippen LogP contribution >= 0.6 is 27.3 Å². The highest BCUT2D eigenvalue weighted by molar-refractivity contribution is 9.11. The van der Waals surface area contributed by atoms with Gasteiger partial charge >= 0.3 is 0 Å². The summed E-state index contributed by atoms with van der Waals surface area (Å²) >= 11 is 4.96. The van der Waals surface area contributed by atoms with Crippen LogP contribution in [0.5, 0.6) is 0 Å². The molecule has 5 nitrogen and oxygen atoms in total. The van der Waals surface area contributed by atoms with Crippen molar-refractivity contribution in [3.05, 3.63) is 20.8 Å². The fourth-order valence-corrected chi connectivity index (χ4v) is 2.95. The smallest absolute Gasteiger partial charge is 0.236 e. The van der Waals surface area contributed by atoms with Crippen LogP contribution < -0.4 is 5.73 Å². The number of nitrogens with zero attached hydrogens (tertiary/aromatic N) is 2. The van der Waals surface area contributed by atoms with Crippen molar-refractivity contribution in [3.8, 4) is 0 Å². The van der Waals surface area contributed by atoms with Crippen LogP contribution in [-0.2, 0) is 11.3 Å². The van der Waals surface area contributed by atoms with Gasteiger partial charge in [0.2, 0.25) is 5.91 Å². The lowest BCUT2D eigenvalue weighted by Crippen LogP contribution is -2.47. The van der Waals surface area contributed by atoms with Crippen molar-refractivity contribution in [2.24, 2.45) is 16.3 Å². The normalized spacial score (nSPS) is 15.1. The Balaban J connectivity index is 2.86. The minimum absolute atomic E-state index is 0.0571. The molecule has 0 aliphatic rings. The van der Waals surface area contributed by atoms with Gasteiger partial charge in [0.15, 0.2) is 5.84 Å². The van der Waals surface area contributed by atoms with E-state index in [0.717, 1.165) is 9.35 Å². The summed E-state index contributed by atoms with van der Waals surface area (Å²) in [5, 5.41) is 13.8. The highest BCUT2D eigenvalue weighted by Crippen LogP contribution is 2.26. The number of amides is 1. The number of halogens is 1. The van der Waals surface area contributed by atoms with Gasteiger partial charge in [0.25, 0.3) is 0 Å². The number of hydrogen-bond donors (Lipinski definition) is 2. The third kappa shape index (κ3) is 3.48. The Bertz CT molecular complexity index is 489. The predicted octanol–water partition coefficient (Wildman–Crippen LogP) is 2.63. The molecule has 0 saturated heterocycles. The number of oxime groups is 1. The van der Waals surface area contributed by atoms with E-state index in [1.807, 2.05) is 18.4 Å². The third-order valence-corrected chi connectivity index (χ3v) is 4.79. The molecule has 1 heterocycles. The first-order valence-corrected chi connectivity index (χ1v) is 7.49. The molecular weight excluding hydrogens is 330 g/mol. The zero-order valence-corrected chi connectivity index (χ0v) is 13.6. The van der Waals surface area contributed by atoms with Gasteiger partial charge in [-0.3, -0.25) is 4.79 Å². The minimum Gasteiger partial charge on any atom is -0.409 e. The zero-order valence-electron chi connectivity index (χ0n) is 11.2. The Morgan fingerprint density at radius 1 is 1.68 bits per heavy atom. The molecule has 0 aliphatic carbocycles. The van der Waals surface area contributed by atoms with Gasteiger partial charge in [-0.15, -0.1) is 11.3 Å². The number of hydrogen-bond acceptors (Lipinski definition) is 4. The number of amidine groups is 1. The van der Waals surface area contributed by atoms with E-state index in [4.69, 9.17) is 10.9 Å². The van der Waals surface area contributed by atoms with Gasteiger partial charge in [0.1, 0.15) is 5.41 Å². The Kier molecular flexibility index (Phi) is 5.37. The number of carbonyl (C=O) groups excluding carboxylic acids is 1. The maximum atomic E-state index is 12.5. The molecule has 1 amide bonds. The molecule has 0 aliphatic heterocycles. The van der Waals surface area contributed by atoms with Crippen molar-refractivity contribution in [2.75, 3.05) is 7.05 Å². The molecule has 0 bridgehead atoms.